The van der Waals surface area contributed by atoms with E-state index in [0.717, 1.165) is 17.2 Å². The zero-order valence-electron chi connectivity index (χ0n) is 8.91. The summed E-state index contributed by atoms with van der Waals surface area (Å²) in [6.45, 7) is 2.77. The highest BCUT2D eigenvalue weighted by atomic mass is 15.2. The zero-order valence-corrected chi connectivity index (χ0v) is 8.91. The fraction of sp³-hybridized carbons (Fsp3) is 0.273. The van der Waals surface area contributed by atoms with Gasteiger partial charge < -0.3 is 5.32 Å². The summed E-state index contributed by atoms with van der Waals surface area (Å²) >= 11 is 0. The monoisotopic (exact) mass is 202 g/mol. The number of aryl methyl sites for hydroxylation is 1. The maximum absolute atomic E-state index is 4.40. The van der Waals surface area contributed by atoms with Gasteiger partial charge in [0.1, 0.15) is 5.82 Å². The van der Waals surface area contributed by atoms with Crippen molar-refractivity contribution < 1.29 is 0 Å². The van der Waals surface area contributed by atoms with Gasteiger partial charge in [-0.3, -0.25) is 5.10 Å². The Hall–Kier alpha value is -1.68. The summed E-state index contributed by atoms with van der Waals surface area (Å²) in [6, 6.07) is 8.10. The van der Waals surface area contributed by atoms with Crippen LogP contribution in [0, 0.1) is 6.92 Å². The number of nitrogens with zero attached hydrogens (tertiary/aromatic N) is 2. The SMILES string of the molecule is CNCc1nc(-c2ccccc2C)n[nH]1. The largest absolute Gasteiger partial charge is 0.313 e. The van der Waals surface area contributed by atoms with E-state index in [-0.39, 0.29) is 0 Å². The van der Waals surface area contributed by atoms with Crippen LogP contribution in [0.1, 0.15) is 11.4 Å². The van der Waals surface area contributed by atoms with Crippen LogP contribution in [0.15, 0.2) is 24.3 Å². The van der Waals surface area contributed by atoms with Crippen molar-refractivity contribution in [1.29, 1.82) is 0 Å². The second-order valence-corrected chi connectivity index (χ2v) is 3.45. The van der Waals surface area contributed by atoms with Crippen molar-refractivity contribution in [2.45, 2.75) is 13.5 Å². The molecule has 4 heteroatoms. The Morgan fingerprint density at radius 2 is 2.13 bits per heavy atom. The minimum atomic E-state index is 0.707. The second kappa shape index (κ2) is 4.23. The van der Waals surface area contributed by atoms with Crippen molar-refractivity contribution in [2.24, 2.45) is 0 Å². The van der Waals surface area contributed by atoms with Gasteiger partial charge in [0.15, 0.2) is 5.82 Å². The molecule has 0 atom stereocenters. The molecule has 0 fully saturated rings. The summed E-state index contributed by atoms with van der Waals surface area (Å²) in [6.07, 6.45) is 0. The summed E-state index contributed by atoms with van der Waals surface area (Å²) < 4.78 is 0. The van der Waals surface area contributed by atoms with E-state index < -0.39 is 0 Å². The van der Waals surface area contributed by atoms with Gasteiger partial charge in [-0.05, 0) is 19.5 Å². The average Bonchev–Trinajstić information content (AvgIpc) is 2.68. The van der Waals surface area contributed by atoms with Gasteiger partial charge in [-0.1, -0.05) is 24.3 Å². The molecule has 2 rings (SSSR count). The molecule has 1 aromatic heterocycles. The van der Waals surface area contributed by atoms with Crippen molar-refractivity contribution in [3.05, 3.63) is 35.7 Å². The summed E-state index contributed by atoms with van der Waals surface area (Å²) in [5.41, 5.74) is 2.27. The van der Waals surface area contributed by atoms with E-state index >= 15 is 0 Å². The molecule has 0 spiro atoms. The first-order valence-corrected chi connectivity index (χ1v) is 4.93. The van der Waals surface area contributed by atoms with Gasteiger partial charge in [-0.25, -0.2) is 4.98 Å². The molecule has 0 radical (unpaired) electrons. The number of rotatable bonds is 3. The third-order valence-corrected chi connectivity index (χ3v) is 2.26. The second-order valence-electron chi connectivity index (χ2n) is 3.45. The van der Waals surface area contributed by atoms with Gasteiger partial charge >= 0.3 is 0 Å². The molecule has 15 heavy (non-hydrogen) atoms. The minimum Gasteiger partial charge on any atom is -0.313 e. The molecule has 78 valence electrons. The number of hydrogen-bond donors (Lipinski definition) is 2. The average molecular weight is 202 g/mol. The van der Waals surface area contributed by atoms with Gasteiger partial charge in [0, 0.05) is 5.56 Å². The Bertz CT molecular complexity index is 447. The van der Waals surface area contributed by atoms with Crippen LogP contribution >= 0.6 is 0 Å². The lowest BCUT2D eigenvalue weighted by molar-refractivity contribution is 0.763. The van der Waals surface area contributed by atoms with E-state index in [1.54, 1.807) is 0 Å². The molecule has 2 aromatic rings. The maximum atomic E-state index is 4.40. The summed E-state index contributed by atoms with van der Waals surface area (Å²) in [7, 11) is 1.88. The van der Waals surface area contributed by atoms with Crippen LogP contribution < -0.4 is 5.32 Å². The van der Waals surface area contributed by atoms with Gasteiger partial charge in [0.25, 0.3) is 0 Å². The van der Waals surface area contributed by atoms with Crippen molar-refractivity contribution >= 4 is 0 Å². The lowest BCUT2D eigenvalue weighted by Crippen LogP contribution is -2.06. The molecule has 0 aliphatic rings. The van der Waals surface area contributed by atoms with Crippen LogP contribution in [-0.4, -0.2) is 22.2 Å². The molecular formula is C11H14N4. The first kappa shape index (κ1) is 9.86. The maximum Gasteiger partial charge on any atom is 0.181 e. The molecule has 1 heterocycles. The molecule has 0 bridgehead atoms. The molecular weight excluding hydrogens is 188 g/mol. The summed E-state index contributed by atoms with van der Waals surface area (Å²) in [5, 5.41) is 10.1. The molecule has 2 N–H and O–H groups in total. The number of nitrogens with one attached hydrogen (secondary N) is 2. The van der Waals surface area contributed by atoms with E-state index in [4.69, 9.17) is 0 Å². The lowest BCUT2D eigenvalue weighted by atomic mass is 10.1. The Morgan fingerprint density at radius 3 is 2.87 bits per heavy atom. The van der Waals surface area contributed by atoms with Crippen molar-refractivity contribution in [3.63, 3.8) is 0 Å². The van der Waals surface area contributed by atoms with Crippen molar-refractivity contribution in [3.8, 4) is 11.4 Å². The van der Waals surface area contributed by atoms with Crippen LogP contribution in [0.5, 0.6) is 0 Å². The fourth-order valence-corrected chi connectivity index (χ4v) is 1.49. The van der Waals surface area contributed by atoms with E-state index in [1.165, 1.54) is 5.56 Å². The van der Waals surface area contributed by atoms with Gasteiger partial charge in [-0.2, -0.15) is 5.10 Å². The van der Waals surface area contributed by atoms with Crippen molar-refractivity contribution in [1.82, 2.24) is 20.5 Å². The topological polar surface area (TPSA) is 53.6 Å². The fourth-order valence-electron chi connectivity index (χ4n) is 1.49. The first-order chi connectivity index (χ1) is 7.31. The highest BCUT2D eigenvalue weighted by molar-refractivity contribution is 5.59. The van der Waals surface area contributed by atoms with Crippen molar-refractivity contribution in [2.75, 3.05) is 7.05 Å². The van der Waals surface area contributed by atoms with E-state index in [0.29, 0.717) is 6.54 Å². The van der Waals surface area contributed by atoms with Crippen LogP contribution in [0.25, 0.3) is 11.4 Å². The van der Waals surface area contributed by atoms with Crippen LogP contribution in [0.3, 0.4) is 0 Å². The quantitative estimate of drug-likeness (QED) is 0.793. The zero-order chi connectivity index (χ0) is 10.7. The number of benzene rings is 1. The lowest BCUT2D eigenvalue weighted by Gasteiger charge is -1.98. The number of hydrogen-bond acceptors (Lipinski definition) is 3. The molecule has 0 saturated heterocycles. The Kier molecular flexibility index (Phi) is 2.78. The van der Waals surface area contributed by atoms with Crippen LogP contribution in [-0.2, 0) is 6.54 Å². The highest BCUT2D eigenvalue weighted by Gasteiger charge is 2.06. The van der Waals surface area contributed by atoms with E-state index in [1.807, 2.05) is 25.2 Å². The Balaban J connectivity index is 2.33. The Morgan fingerprint density at radius 1 is 1.33 bits per heavy atom. The highest BCUT2D eigenvalue weighted by Crippen LogP contribution is 2.18. The third-order valence-electron chi connectivity index (χ3n) is 2.26. The standard InChI is InChI=1S/C11H14N4/c1-8-5-3-4-6-9(8)11-13-10(7-12-2)14-15-11/h3-6,12H,7H2,1-2H3,(H,13,14,15). The summed E-state index contributed by atoms with van der Waals surface area (Å²) in [5.74, 6) is 1.62. The molecule has 1 aromatic carbocycles. The smallest absolute Gasteiger partial charge is 0.181 e. The Labute approximate surface area is 88.8 Å². The minimum absolute atomic E-state index is 0.707. The van der Waals surface area contributed by atoms with Crippen LogP contribution in [0.2, 0.25) is 0 Å². The van der Waals surface area contributed by atoms with Crippen LogP contribution in [0.4, 0.5) is 0 Å². The molecule has 0 saturated carbocycles. The van der Waals surface area contributed by atoms with Gasteiger partial charge in [0.2, 0.25) is 0 Å². The third kappa shape index (κ3) is 2.05. The number of aromatic amines is 1. The molecule has 0 aliphatic carbocycles. The van der Waals surface area contributed by atoms with E-state index in [2.05, 4.69) is 33.5 Å². The molecule has 0 aliphatic heterocycles. The van der Waals surface area contributed by atoms with Gasteiger partial charge in [-0.15, -0.1) is 0 Å². The molecule has 4 nitrogen and oxygen atoms in total. The first-order valence-electron chi connectivity index (χ1n) is 4.93. The molecule has 0 amide bonds. The normalized spacial score (nSPS) is 10.5. The molecule has 0 unspecified atom stereocenters. The van der Waals surface area contributed by atoms with E-state index in [9.17, 15) is 0 Å². The predicted octanol–water partition coefficient (Wildman–Crippen LogP) is 1.50. The predicted molar refractivity (Wildman–Crippen MR) is 59.3 cm³/mol. The number of H-pyrrole nitrogens is 1. The summed E-state index contributed by atoms with van der Waals surface area (Å²) in [4.78, 5) is 4.40. The van der Waals surface area contributed by atoms with Gasteiger partial charge in [0.05, 0.1) is 6.54 Å². The number of aromatic nitrogens is 3.